The van der Waals surface area contributed by atoms with Crippen molar-refractivity contribution in [2.24, 2.45) is 0 Å². The molecule has 0 fully saturated rings. The van der Waals surface area contributed by atoms with Crippen LogP contribution >= 0.6 is 11.6 Å². The van der Waals surface area contributed by atoms with Crippen molar-refractivity contribution in [1.82, 2.24) is 4.98 Å². The molecule has 0 aliphatic heterocycles. The molecular formula is C11H9ClFNO. The smallest absolute Gasteiger partial charge is 0.181 e. The van der Waals surface area contributed by atoms with Gasteiger partial charge in [-0.3, -0.25) is 0 Å². The minimum Gasteiger partial charge on any atom is -0.443 e. The summed E-state index contributed by atoms with van der Waals surface area (Å²) in [6.07, 6.45) is 1.27. The molecule has 0 saturated carbocycles. The van der Waals surface area contributed by atoms with Gasteiger partial charge >= 0.3 is 0 Å². The van der Waals surface area contributed by atoms with Gasteiger partial charge < -0.3 is 4.42 Å². The number of aryl methyl sites for hydroxylation is 1. The number of hydrogen-bond acceptors (Lipinski definition) is 2. The lowest BCUT2D eigenvalue weighted by Gasteiger charge is -2.02. The van der Waals surface area contributed by atoms with Crippen LogP contribution in [0.15, 0.2) is 29.0 Å². The van der Waals surface area contributed by atoms with Crippen LogP contribution in [0.4, 0.5) is 4.39 Å². The molecule has 15 heavy (non-hydrogen) atoms. The highest BCUT2D eigenvalue weighted by molar-refractivity contribution is 6.17. The molecule has 2 rings (SSSR count). The molecule has 0 amide bonds. The molecule has 1 heterocycles. The third-order valence-corrected chi connectivity index (χ3v) is 2.46. The van der Waals surface area contributed by atoms with Crippen molar-refractivity contribution < 1.29 is 8.81 Å². The number of hydrogen-bond donors (Lipinski definition) is 0. The third kappa shape index (κ3) is 1.75. The first-order valence-electron chi connectivity index (χ1n) is 4.48. The highest BCUT2D eigenvalue weighted by Gasteiger charge is 2.14. The minimum atomic E-state index is -0.291. The maximum atomic E-state index is 13.8. The van der Waals surface area contributed by atoms with Crippen LogP contribution in [-0.4, -0.2) is 4.98 Å². The highest BCUT2D eigenvalue weighted by atomic mass is 35.5. The van der Waals surface area contributed by atoms with Crippen molar-refractivity contribution >= 4 is 11.6 Å². The van der Waals surface area contributed by atoms with E-state index in [4.69, 9.17) is 16.0 Å². The van der Waals surface area contributed by atoms with Gasteiger partial charge in [-0.05, 0) is 18.6 Å². The van der Waals surface area contributed by atoms with E-state index in [2.05, 4.69) is 4.98 Å². The van der Waals surface area contributed by atoms with Crippen LogP contribution in [0.3, 0.4) is 0 Å². The summed E-state index contributed by atoms with van der Waals surface area (Å²) in [7, 11) is 0. The summed E-state index contributed by atoms with van der Waals surface area (Å²) in [5.41, 5.74) is 1.54. The Hall–Kier alpha value is -1.35. The van der Waals surface area contributed by atoms with E-state index in [-0.39, 0.29) is 11.7 Å². The zero-order chi connectivity index (χ0) is 10.8. The number of aromatic nitrogens is 1. The van der Waals surface area contributed by atoms with Crippen molar-refractivity contribution in [3.8, 4) is 11.3 Å². The summed E-state index contributed by atoms with van der Waals surface area (Å²) in [5.74, 6) is 0.325. The molecule has 0 atom stereocenters. The Morgan fingerprint density at radius 2 is 2.27 bits per heavy atom. The zero-order valence-corrected chi connectivity index (χ0v) is 8.88. The maximum absolute atomic E-state index is 13.8. The largest absolute Gasteiger partial charge is 0.443 e. The Balaban J connectivity index is 2.59. The first-order chi connectivity index (χ1) is 7.24. The lowest BCUT2D eigenvalue weighted by atomic mass is 10.1. The molecule has 0 N–H and O–H groups in total. The Labute approximate surface area is 91.7 Å². The van der Waals surface area contributed by atoms with Gasteiger partial charge in [0.05, 0.1) is 11.4 Å². The summed E-state index contributed by atoms with van der Waals surface area (Å²) >= 11 is 5.67. The molecule has 0 saturated heterocycles. The van der Waals surface area contributed by atoms with Gasteiger partial charge in [0, 0.05) is 0 Å². The molecule has 0 radical (unpaired) electrons. The van der Waals surface area contributed by atoms with Crippen LogP contribution in [-0.2, 0) is 5.88 Å². The summed E-state index contributed by atoms with van der Waals surface area (Å²) in [4.78, 5) is 3.92. The van der Waals surface area contributed by atoms with Gasteiger partial charge in [-0.1, -0.05) is 12.1 Å². The number of oxazole rings is 1. The number of halogens is 2. The first-order valence-corrected chi connectivity index (χ1v) is 5.01. The van der Waals surface area contributed by atoms with Gasteiger partial charge in [-0.15, -0.1) is 11.6 Å². The molecule has 2 aromatic rings. The number of rotatable bonds is 2. The molecule has 0 unspecified atom stereocenters. The maximum Gasteiger partial charge on any atom is 0.181 e. The normalized spacial score (nSPS) is 10.6. The van der Waals surface area contributed by atoms with Gasteiger partial charge in [0.2, 0.25) is 0 Å². The second kappa shape index (κ2) is 4.03. The Kier molecular flexibility index (Phi) is 2.73. The molecule has 0 bridgehead atoms. The Bertz CT molecular complexity index is 481. The second-order valence-electron chi connectivity index (χ2n) is 3.20. The number of benzene rings is 1. The fourth-order valence-corrected chi connectivity index (χ4v) is 1.60. The van der Waals surface area contributed by atoms with Crippen molar-refractivity contribution in [1.29, 1.82) is 0 Å². The minimum absolute atomic E-state index is 0.208. The average molecular weight is 226 g/mol. The number of nitrogens with zero attached hydrogens (tertiary/aromatic N) is 1. The van der Waals surface area contributed by atoms with E-state index >= 15 is 0 Å². The van der Waals surface area contributed by atoms with Crippen molar-refractivity contribution in [2.45, 2.75) is 12.8 Å². The van der Waals surface area contributed by atoms with Crippen LogP contribution in [0.25, 0.3) is 11.3 Å². The fraction of sp³-hybridized carbons (Fsp3) is 0.182. The second-order valence-corrected chi connectivity index (χ2v) is 3.47. The average Bonchev–Trinajstić information content (AvgIpc) is 2.70. The zero-order valence-electron chi connectivity index (χ0n) is 8.13. The van der Waals surface area contributed by atoms with E-state index in [0.29, 0.717) is 22.6 Å². The monoisotopic (exact) mass is 225 g/mol. The van der Waals surface area contributed by atoms with Crippen LogP contribution in [0.5, 0.6) is 0 Å². The third-order valence-electron chi connectivity index (χ3n) is 2.20. The van der Waals surface area contributed by atoms with Crippen molar-refractivity contribution in [2.75, 3.05) is 0 Å². The SMILES string of the molecule is Cc1cccc(-c2ocnc2CCl)c1F. The fourth-order valence-electron chi connectivity index (χ4n) is 1.41. The van der Waals surface area contributed by atoms with Gasteiger partial charge in [0.25, 0.3) is 0 Å². The molecule has 1 aromatic carbocycles. The van der Waals surface area contributed by atoms with Gasteiger partial charge in [-0.2, -0.15) is 0 Å². The summed E-state index contributed by atoms with van der Waals surface area (Å²) in [6.45, 7) is 1.70. The molecule has 1 aromatic heterocycles. The predicted octanol–water partition coefficient (Wildman–Crippen LogP) is 3.53. The highest BCUT2D eigenvalue weighted by Crippen LogP contribution is 2.28. The van der Waals surface area contributed by atoms with E-state index in [9.17, 15) is 4.39 Å². The van der Waals surface area contributed by atoms with Crippen LogP contribution in [0.2, 0.25) is 0 Å². The molecule has 2 nitrogen and oxygen atoms in total. The first kappa shape index (κ1) is 10.2. The van der Waals surface area contributed by atoms with E-state index in [1.165, 1.54) is 6.39 Å². The Morgan fingerprint density at radius 1 is 1.47 bits per heavy atom. The molecule has 0 spiro atoms. The van der Waals surface area contributed by atoms with Crippen LogP contribution < -0.4 is 0 Å². The molecular weight excluding hydrogens is 217 g/mol. The molecule has 0 aliphatic carbocycles. The quantitative estimate of drug-likeness (QED) is 0.731. The summed E-state index contributed by atoms with van der Waals surface area (Å²) in [6, 6.07) is 5.13. The Morgan fingerprint density at radius 3 is 3.00 bits per heavy atom. The van der Waals surface area contributed by atoms with E-state index < -0.39 is 0 Å². The number of alkyl halides is 1. The predicted molar refractivity (Wildman–Crippen MR) is 56.2 cm³/mol. The van der Waals surface area contributed by atoms with Crippen LogP contribution in [0.1, 0.15) is 11.3 Å². The molecule has 4 heteroatoms. The van der Waals surface area contributed by atoms with Gasteiger partial charge in [0.15, 0.2) is 12.2 Å². The standard InChI is InChI=1S/C11H9ClFNO/c1-7-3-2-4-8(10(7)13)11-9(5-12)14-6-15-11/h2-4,6H,5H2,1H3. The molecule has 78 valence electrons. The summed E-state index contributed by atoms with van der Waals surface area (Å²) < 4.78 is 18.9. The van der Waals surface area contributed by atoms with E-state index in [1.54, 1.807) is 25.1 Å². The van der Waals surface area contributed by atoms with Gasteiger partial charge in [0.1, 0.15) is 11.5 Å². The lowest BCUT2D eigenvalue weighted by molar-refractivity contribution is 0.559. The topological polar surface area (TPSA) is 26.0 Å². The van der Waals surface area contributed by atoms with Crippen molar-refractivity contribution in [3.63, 3.8) is 0 Å². The van der Waals surface area contributed by atoms with E-state index in [0.717, 1.165) is 0 Å². The lowest BCUT2D eigenvalue weighted by Crippen LogP contribution is -1.89. The summed E-state index contributed by atoms with van der Waals surface area (Å²) in [5, 5.41) is 0. The molecule has 0 aliphatic rings. The van der Waals surface area contributed by atoms with E-state index in [1.807, 2.05) is 0 Å². The van der Waals surface area contributed by atoms with Crippen LogP contribution in [0, 0.1) is 12.7 Å². The van der Waals surface area contributed by atoms with Crippen molar-refractivity contribution in [3.05, 3.63) is 41.7 Å². The van der Waals surface area contributed by atoms with Gasteiger partial charge in [-0.25, -0.2) is 9.37 Å².